The van der Waals surface area contributed by atoms with Gasteiger partial charge in [0, 0.05) is 16.8 Å². The van der Waals surface area contributed by atoms with Crippen molar-refractivity contribution in [2.24, 2.45) is 0 Å². The predicted molar refractivity (Wildman–Crippen MR) is 67.5 cm³/mol. The van der Waals surface area contributed by atoms with Crippen LogP contribution in [-0.2, 0) is 6.54 Å². The Balaban J connectivity index is 2.08. The molecule has 1 N–H and O–H groups in total. The maximum Gasteiger partial charge on any atom is 0.101 e. The molecule has 0 unspecified atom stereocenters. The molecular weight excluding hydrogens is 230 g/mol. The zero-order valence-corrected chi connectivity index (χ0v) is 9.79. The third-order valence-corrected chi connectivity index (χ3v) is 3.22. The van der Waals surface area contributed by atoms with Crippen molar-refractivity contribution in [3.8, 4) is 12.1 Å². The zero-order valence-electron chi connectivity index (χ0n) is 8.97. The van der Waals surface area contributed by atoms with E-state index in [0.29, 0.717) is 17.7 Å². The van der Waals surface area contributed by atoms with Crippen LogP contribution < -0.4 is 5.32 Å². The Labute approximate surface area is 104 Å². The molecule has 0 aliphatic carbocycles. The number of benzene rings is 1. The van der Waals surface area contributed by atoms with Crippen molar-refractivity contribution in [1.82, 2.24) is 0 Å². The summed E-state index contributed by atoms with van der Waals surface area (Å²) >= 11 is 1.54. The Morgan fingerprint density at radius 2 is 2.00 bits per heavy atom. The molecule has 0 amide bonds. The fourth-order valence-electron chi connectivity index (χ4n) is 1.45. The second kappa shape index (κ2) is 5.16. The molecule has 1 heterocycles. The van der Waals surface area contributed by atoms with Crippen LogP contribution in [0.1, 0.15) is 16.0 Å². The van der Waals surface area contributed by atoms with Crippen LogP contribution in [0.5, 0.6) is 0 Å². The van der Waals surface area contributed by atoms with Gasteiger partial charge in [-0.05, 0) is 18.2 Å². The summed E-state index contributed by atoms with van der Waals surface area (Å²) < 4.78 is 0. The Morgan fingerprint density at radius 1 is 1.18 bits per heavy atom. The molecule has 3 nitrogen and oxygen atoms in total. The Hall–Kier alpha value is -2.30. The molecular formula is C13H9N3S. The smallest absolute Gasteiger partial charge is 0.101 e. The van der Waals surface area contributed by atoms with Gasteiger partial charge in [0.15, 0.2) is 0 Å². The number of nitrogens with one attached hydrogen (secondary N) is 1. The first-order chi connectivity index (χ1) is 8.33. The lowest BCUT2D eigenvalue weighted by Crippen LogP contribution is -1.99. The number of nitrogens with zero attached hydrogens (tertiary/aromatic N) is 2. The van der Waals surface area contributed by atoms with E-state index in [9.17, 15) is 0 Å². The zero-order chi connectivity index (χ0) is 12.1. The summed E-state index contributed by atoms with van der Waals surface area (Å²) in [4.78, 5) is 1.08. The highest BCUT2D eigenvalue weighted by atomic mass is 32.1. The van der Waals surface area contributed by atoms with Crippen LogP contribution in [-0.4, -0.2) is 0 Å². The van der Waals surface area contributed by atoms with Crippen molar-refractivity contribution in [3.05, 3.63) is 51.7 Å². The Morgan fingerprint density at radius 3 is 2.71 bits per heavy atom. The third kappa shape index (κ3) is 2.63. The molecule has 1 aromatic heterocycles. The minimum atomic E-state index is 0.629. The van der Waals surface area contributed by atoms with E-state index in [1.807, 2.05) is 29.6 Å². The van der Waals surface area contributed by atoms with Gasteiger partial charge < -0.3 is 5.32 Å². The summed E-state index contributed by atoms with van der Waals surface area (Å²) in [6.07, 6.45) is 0. The molecule has 0 atom stereocenters. The molecule has 82 valence electrons. The molecule has 17 heavy (non-hydrogen) atoms. The molecule has 0 spiro atoms. The van der Waals surface area contributed by atoms with Crippen LogP contribution in [0.25, 0.3) is 0 Å². The highest BCUT2D eigenvalue weighted by Gasteiger charge is 2.02. The molecule has 0 fully saturated rings. The first kappa shape index (κ1) is 11.2. The van der Waals surface area contributed by atoms with E-state index >= 15 is 0 Å². The molecule has 4 heteroatoms. The topological polar surface area (TPSA) is 59.6 Å². The summed E-state index contributed by atoms with van der Waals surface area (Å²) in [6, 6.07) is 13.5. The Bertz CT molecular complexity index is 602. The van der Waals surface area contributed by atoms with Crippen molar-refractivity contribution < 1.29 is 0 Å². The lowest BCUT2D eigenvalue weighted by Gasteiger charge is -2.05. The van der Waals surface area contributed by atoms with Gasteiger partial charge in [-0.2, -0.15) is 10.5 Å². The maximum absolute atomic E-state index is 8.93. The second-order valence-electron chi connectivity index (χ2n) is 3.42. The quantitative estimate of drug-likeness (QED) is 0.895. The average molecular weight is 239 g/mol. The van der Waals surface area contributed by atoms with Crippen LogP contribution in [0.2, 0.25) is 0 Å². The molecule has 0 saturated heterocycles. The summed E-state index contributed by atoms with van der Waals surface area (Å²) in [6.45, 7) is 0.630. The highest BCUT2D eigenvalue weighted by molar-refractivity contribution is 7.10. The first-order valence-electron chi connectivity index (χ1n) is 5.04. The normalized spacial score (nSPS) is 9.29. The lowest BCUT2D eigenvalue weighted by molar-refractivity contribution is 1.19. The lowest BCUT2D eigenvalue weighted by atomic mass is 10.2. The average Bonchev–Trinajstić information content (AvgIpc) is 2.84. The molecule has 0 bridgehead atoms. The standard InChI is InChI=1S/C13H9N3S/c14-6-10-5-12(17-9-10)8-16-13-4-2-1-3-11(13)7-15/h1-5,9,16H,8H2. The predicted octanol–water partition coefficient (Wildman–Crippen LogP) is 3.10. The van der Waals surface area contributed by atoms with Crippen molar-refractivity contribution in [2.45, 2.75) is 6.54 Å². The number of nitriles is 2. The first-order valence-corrected chi connectivity index (χ1v) is 5.92. The van der Waals surface area contributed by atoms with Gasteiger partial charge in [-0.3, -0.25) is 0 Å². The van der Waals surface area contributed by atoms with Crippen molar-refractivity contribution in [2.75, 3.05) is 5.32 Å². The van der Waals surface area contributed by atoms with Crippen LogP contribution in [0.3, 0.4) is 0 Å². The van der Waals surface area contributed by atoms with E-state index in [0.717, 1.165) is 10.6 Å². The van der Waals surface area contributed by atoms with Gasteiger partial charge >= 0.3 is 0 Å². The molecule has 1 aromatic carbocycles. The van der Waals surface area contributed by atoms with Crippen LogP contribution in [0.4, 0.5) is 5.69 Å². The molecule has 2 rings (SSSR count). The SMILES string of the molecule is N#Cc1csc(CNc2ccccc2C#N)c1. The third-order valence-electron chi connectivity index (χ3n) is 2.28. The highest BCUT2D eigenvalue weighted by Crippen LogP contribution is 2.18. The van der Waals surface area contributed by atoms with E-state index in [4.69, 9.17) is 10.5 Å². The van der Waals surface area contributed by atoms with E-state index in [1.54, 1.807) is 6.07 Å². The number of anilines is 1. The molecule has 0 aliphatic rings. The van der Waals surface area contributed by atoms with Crippen molar-refractivity contribution in [1.29, 1.82) is 10.5 Å². The fourth-order valence-corrected chi connectivity index (χ4v) is 2.20. The molecule has 0 aliphatic heterocycles. The van der Waals surface area contributed by atoms with Gasteiger partial charge in [0.05, 0.1) is 16.8 Å². The number of thiophene rings is 1. The van der Waals surface area contributed by atoms with Gasteiger partial charge in [-0.1, -0.05) is 12.1 Å². The van der Waals surface area contributed by atoms with Gasteiger partial charge in [0.25, 0.3) is 0 Å². The minimum absolute atomic E-state index is 0.629. The van der Waals surface area contributed by atoms with Gasteiger partial charge in [0.1, 0.15) is 12.1 Å². The number of hydrogen-bond acceptors (Lipinski definition) is 4. The maximum atomic E-state index is 8.93. The summed E-state index contributed by atoms with van der Waals surface area (Å²) in [5, 5.41) is 22.7. The Kier molecular flexibility index (Phi) is 3.40. The largest absolute Gasteiger partial charge is 0.379 e. The number of para-hydroxylation sites is 1. The summed E-state index contributed by atoms with van der Waals surface area (Å²) in [5.41, 5.74) is 2.13. The van der Waals surface area contributed by atoms with Gasteiger partial charge in [0.2, 0.25) is 0 Å². The van der Waals surface area contributed by atoms with E-state index in [1.165, 1.54) is 11.3 Å². The second-order valence-corrected chi connectivity index (χ2v) is 4.42. The van der Waals surface area contributed by atoms with Crippen molar-refractivity contribution in [3.63, 3.8) is 0 Å². The molecule has 2 aromatic rings. The van der Waals surface area contributed by atoms with E-state index < -0.39 is 0 Å². The number of hydrogen-bond donors (Lipinski definition) is 1. The van der Waals surface area contributed by atoms with Crippen LogP contribution in [0.15, 0.2) is 35.7 Å². The molecule has 0 saturated carbocycles. The van der Waals surface area contributed by atoms with E-state index in [-0.39, 0.29) is 0 Å². The van der Waals surface area contributed by atoms with Crippen LogP contribution >= 0.6 is 11.3 Å². The van der Waals surface area contributed by atoms with Gasteiger partial charge in [-0.15, -0.1) is 11.3 Å². The van der Waals surface area contributed by atoms with Gasteiger partial charge in [-0.25, -0.2) is 0 Å². The number of rotatable bonds is 3. The summed E-state index contributed by atoms with van der Waals surface area (Å²) in [5.74, 6) is 0. The minimum Gasteiger partial charge on any atom is -0.379 e. The van der Waals surface area contributed by atoms with E-state index in [2.05, 4.69) is 17.5 Å². The van der Waals surface area contributed by atoms with Crippen molar-refractivity contribution >= 4 is 17.0 Å². The fraction of sp³-hybridized carbons (Fsp3) is 0.0769. The van der Waals surface area contributed by atoms with Crippen LogP contribution in [0, 0.1) is 22.7 Å². The summed E-state index contributed by atoms with van der Waals surface area (Å²) in [7, 11) is 0. The monoisotopic (exact) mass is 239 g/mol. The molecule has 0 radical (unpaired) electrons.